The molecule has 0 unspecified atom stereocenters. The number of esters is 1. The minimum Gasteiger partial charge on any atom is -0.466 e. The van der Waals surface area contributed by atoms with Crippen LogP contribution in [0.1, 0.15) is 18.4 Å². The third-order valence-electron chi connectivity index (χ3n) is 4.58. The van der Waals surface area contributed by atoms with Gasteiger partial charge >= 0.3 is 5.97 Å². The molecule has 2 heterocycles. The molecule has 0 saturated heterocycles. The number of methoxy groups -OCH3 is 1. The van der Waals surface area contributed by atoms with Crippen molar-refractivity contribution in [1.29, 1.82) is 0 Å². The van der Waals surface area contributed by atoms with Crippen LogP contribution in [0, 0.1) is 6.92 Å². The van der Waals surface area contributed by atoms with Gasteiger partial charge in [0.2, 0.25) is 5.89 Å². The Bertz CT molecular complexity index is 914. The molecule has 2 N–H and O–H groups in total. The van der Waals surface area contributed by atoms with Crippen LogP contribution < -0.4 is 5.32 Å². The minimum atomic E-state index is -0.574. The van der Waals surface area contributed by atoms with Crippen molar-refractivity contribution in [3.05, 3.63) is 47.0 Å². The SMILES string of the molecule is CCc1nc(-c2ccc(NC3=C(C(=O)OC)CN(CCO)C3=O)cc2)oc1C. The highest BCUT2D eigenvalue weighted by molar-refractivity contribution is 6.08. The molecule has 3 rings (SSSR count). The topological polar surface area (TPSA) is 105 Å². The van der Waals surface area contributed by atoms with Crippen molar-refractivity contribution in [3.63, 3.8) is 0 Å². The predicted octanol–water partition coefficient (Wildman–Crippen LogP) is 1.89. The number of aromatic nitrogens is 1. The van der Waals surface area contributed by atoms with Gasteiger partial charge in [-0.3, -0.25) is 4.79 Å². The van der Waals surface area contributed by atoms with Crippen molar-refractivity contribution >= 4 is 17.6 Å². The maximum Gasteiger partial charge on any atom is 0.337 e. The van der Waals surface area contributed by atoms with E-state index in [2.05, 4.69) is 10.3 Å². The van der Waals surface area contributed by atoms with Gasteiger partial charge in [-0.1, -0.05) is 6.92 Å². The number of nitrogens with one attached hydrogen (secondary N) is 1. The van der Waals surface area contributed by atoms with Crippen LogP contribution in [-0.4, -0.2) is 53.7 Å². The van der Waals surface area contributed by atoms with Crippen LogP contribution in [0.3, 0.4) is 0 Å². The first kappa shape index (κ1) is 19.6. The lowest BCUT2D eigenvalue weighted by Crippen LogP contribution is -2.31. The Morgan fingerprint density at radius 2 is 2.07 bits per heavy atom. The van der Waals surface area contributed by atoms with E-state index < -0.39 is 5.97 Å². The summed E-state index contributed by atoms with van der Waals surface area (Å²) in [5.41, 5.74) is 2.77. The number of carbonyl (C=O) groups is 2. The van der Waals surface area contributed by atoms with E-state index in [9.17, 15) is 9.59 Å². The number of aliphatic hydroxyl groups excluding tert-OH is 1. The van der Waals surface area contributed by atoms with E-state index in [0.717, 1.165) is 23.4 Å². The average molecular weight is 385 g/mol. The second kappa shape index (κ2) is 8.26. The van der Waals surface area contributed by atoms with Gasteiger partial charge in [0.25, 0.3) is 5.91 Å². The van der Waals surface area contributed by atoms with Gasteiger partial charge < -0.3 is 24.5 Å². The quantitative estimate of drug-likeness (QED) is 0.701. The van der Waals surface area contributed by atoms with Gasteiger partial charge in [0.1, 0.15) is 11.5 Å². The summed E-state index contributed by atoms with van der Waals surface area (Å²) < 4.78 is 10.5. The molecule has 0 spiro atoms. The van der Waals surface area contributed by atoms with Crippen molar-refractivity contribution in [1.82, 2.24) is 9.88 Å². The fourth-order valence-corrected chi connectivity index (χ4v) is 3.07. The summed E-state index contributed by atoms with van der Waals surface area (Å²) in [7, 11) is 1.27. The molecule has 0 aliphatic carbocycles. The highest BCUT2D eigenvalue weighted by Crippen LogP contribution is 2.26. The van der Waals surface area contributed by atoms with Gasteiger partial charge in [-0.2, -0.15) is 0 Å². The van der Waals surface area contributed by atoms with E-state index >= 15 is 0 Å². The largest absolute Gasteiger partial charge is 0.466 e. The van der Waals surface area contributed by atoms with E-state index in [1.165, 1.54) is 12.0 Å². The molecule has 148 valence electrons. The average Bonchev–Trinajstić information content (AvgIpc) is 3.23. The number of benzene rings is 1. The number of β-amino-alcohol motifs (C(OH)–C–C–N with tert-alkyl or cyclic N) is 1. The standard InChI is InChI=1S/C20H23N3O5/c1-4-16-12(2)28-18(22-16)13-5-7-14(8-6-13)21-17-15(20(26)27-3)11-23(9-10-24)19(17)25/h5-8,21,24H,4,9-11H2,1-3H3. The van der Waals surface area contributed by atoms with Gasteiger partial charge in [-0.25, -0.2) is 9.78 Å². The van der Waals surface area contributed by atoms with Crippen molar-refractivity contribution in [2.45, 2.75) is 20.3 Å². The summed E-state index contributed by atoms with van der Waals surface area (Å²) in [4.78, 5) is 30.5. The summed E-state index contributed by atoms with van der Waals surface area (Å²) in [6.45, 7) is 3.97. The number of carbonyl (C=O) groups excluding carboxylic acids is 2. The van der Waals surface area contributed by atoms with Crippen LogP contribution in [0.25, 0.3) is 11.5 Å². The Morgan fingerprint density at radius 1 is 1.36 bits per heavy atom. The molecule has 28 heavy (non-hydrogen) atoms. The van der Waals surface area contributed by atoms with Crippen molar-refractivity contribution in [2.75, 3.05) is 32.1 Å². The maximum absolute atomic E-state index is 12.6. The zero-order valence-electron chi connectivity index (χ0n) is 16.1. The lowest BCUT2D eigenvalue weighted by atomic mass is 10.2. The molecule has 1 aliphatic heterocycles. The highest BCUT2D eigenvalue weighted by Gasteiger charge is 2.34. The van der Waals surface area contributed by atoms with E-state index in [1.54, 1.807) is 12.1 Å². The number of ether oxygens (including phenoxy) is 1. The number of hydrogen-bond acceptors (Lipinski definition) is 7. The minimum absolute atomic E-state index is 0.0991. The summed E-state index contributed by atoms with van der Waals surface area (Å²) in [5.74, 6) is 0.416. The summed E-state index contributed by atoms with van der Waals surface area (Å²) in [6, 6.07) is 7.22. The molecule has 2 aromatic rings. The highest BCUT2D eigenvalue weighted by atomic mass is 16.5. The molecular weight excluding hydrogens is 362 g/mol. The van der Waals surface area contributed by atoms with Gasteiger partial charge in [0, 0.05) is 17.8 Å². The number of anilines is 1. The van der Waals surface area contributed by atoms with Crippen LogP contribution in [0.4, 0.5) is 5.69 Å². The number of amides is 1. The zero-order valence-corrected chi connectivity index (χ0v) is 16.1. The second-order valence-corrected chi connectivity index (χ2v) is 6.37. The Kier molecular flexibility index (Phi) is 5.79. The van der Waals surface area contributed by atoms with Crippen LogP contribution in [-0.2, 0) is 20.7 Å². The number of hydrogen-bond donors (Lipinski definition) is 2. The van der Waals surface area contributed by atoms with Crippen LogP contribution in [0.2, 0.25) is 0 Å². The second-order valence-electron chi connectivity index (χ2n) is 6.37. The molecule has 0 atom stereocenters. The molecule has 8 heteroatoms. The van der Waals surface area contributed by atoms with Crippen LogP contribution in [0.15, 0.2) is 40.0 Å². The van der Waals surface area contributed by atoms with Gasteiger partial charge in [-0.15, -0.1) is 0 Å². The monoisotopic (exact) mass is 385 g/mol. The van der Waals surface area contributed by atoms with Crippen molar-refractivity contribution in [3.8, 4) is 11.5 Å². The summed E-state index contributed by atoms with van der Waals surface area (Å²) >= 11 is 0. The summed E-state index contributed by atoms with van der Waals surface area (Å²) in [5, 5.41) is 12.1. The first-order valence-corrected chi connectivity index (χ1v) is 9.03. The van der Waals surface area contributed by atoms with E-state index in [1.807, 2.05) is 26.0 Å². The Morgan fingerprint density at radius 3 is 2.64 bits per heavy atom. The molecule has 1 aromatic heterocycles. The summed E-state index contributed by atoms with van der Waals surface area (Å²) in [6.07, 6.45) is 0.798. The van der Waals surface area contributed by atoms with Crippen LogP contribution in [0.5, 0.6) is 0 Å². The first-order chi connectivity index (χ1) is 13.5. The normalized spacial score (nSPS) is 14.0. The Balaban J connectivity index is 1.83. The first-order valence-electron chi connectivity index (χ1n) is 9.03. The maximum atomic E-state index is 12.6. The lowest BCUT2D eigenvalue weighted by Gasteiger charge is -2.15. The third kappa shape index (κ3) is 3.77. The predicted molar refractivity (Wildman–Crippen MR) is 102 cm³/mol. The molecule has 0 saturated carbocycles. The van der Waals surface area contributed by atoms with Crippen molar-refractivity contribution < 1.29 is 23.8 Å². The number of oxazole rings is 1. The molecule has 1 aromatic carbocycles. The van der Waals surface area contributed by atoms with Gasteiger partial charge in [0.15, 0.2) is 0 Å². The van der Waals surface area contributed by atoms with E-state index in [-0.39, 0.29) is 36.9 Å². The van der Waals surface area contributed by atoms with Crippen LogP contribution >= 0.6 is 0 Å². The third-order valence-corrected chi connectivity index (χ3v) is 4.58. The van der Waals surface area contributed by atoms with Gasteiger partial charge in [0.05, 0.1) is 31.5 Å². The van der Waals surface area contributed by atoms with E-state index in [4.69, 9.17) is 14.3 Å². The number of aliphatic hydroxyl groups is 1. The molecule has 0 bridgehead atoms. The molecule has 0 fully saturated rings. The van der Waals surface area contributed by atoms with Gasteiger partial charge in [-0.05, 0) is 37.6 Å². The van der Waals surface area contributed by atoms with E-state index in [0.29, 0.717) is 11.6 Å². The Labute approximate surface area is 162 Å². The lowest BCUT2D eigenvalue weighted by molar-refractivity contribution is -0.136. The van der Waals surface area contributed by atoms with Crippen molar-refractivity contribution in [2.24, 2.45) is 0 Å². The number of rotatable bonds is 7. The zero-order chi connectivity index (χ0) is 20.3. The number of nitrogens with zero attached hydrogens (tertiary/aromatic N) is 2. The molecule has 1 amide bonds. The molecule has 1 aliphatic rings. The molecular formula is C20H23N3O5. The molecule has 8 nitrogen and oxygen atoms in total. The Hall–Kier alpha value is -3.13. The fourth-order valence-electron chi connectivity index (χ4n) is 3.07. The number of aryl methyl sites for hydroxylation is 2. The fraction of sp³-hybridized carbons (Fsp3) is 0.350. The molecule has 0 radical (unpaired) electrons. The smallest absolute Gasteiger partial charge is 0.337 e.